The third-order valence-corrected chi connectivity index (χ3v) is 3.00. The molecule has 1 saturated heterocycles. The molecule has 0 amide bonds. The molecule has 1 unspecified atom stereocenters. The quantitative estimate of drug-likeness (QED) is 0.563. The SMILES string of the molecule is CC(O)[C@@H]1[C@@H]2CN(C)C[C@@H]21. The number of rotatable bonds is 1. The third-order valence-electron chi connectivity index (χ3n) is 3.00. The number of hydrogen-bond donors (Lipinski definition) is 1. The largest absolute Gasteiger partial charge is 0.393 e. The predicted octanol–water partition coefficient (Wildman–Crippen LogP) is 0.175. The summed E-state index contributed by atoms with van der Waals surface area (Å²) in [5, 5.41) is 9.27. The summed E-state index contributed by atoms with van der Waals surface area (Å²) in [6, 6.07) is 0. The van der Waals surface area contributed by atoms with E-state index in [1.165, 1.54) is 13.1 Å². The van der Waals surface area contributed by atoms with Gasteiger partial charge in [-0.05, 0) is 31.7 Å². The molecule has 2 aliphatic rings. The summed E-state index contributed by atoms with van der Waals surface area (Å²) in [5.41, 5.74) is 0. The molecule has 0 aromatic heterocycles. The summed E-state index contributed by atoms with van der Waals surface area (Å²) in [5.74, 6) is 2.28. The molecular weight excluding hydrogens is 126 g/mol. The van der Waals surface area contributed by atoms with Crippen molar-refractivity contribution < 1.29 is 5.11 Å². The zero-order valence-corrected chi connectivity index (χ0v) is 6.62. The molecule has 0 aromatic carbocycles. The average Bonchev–Trinajstić information content (AvgIpc) is 2.32. The number of nitrogens with zero attached hydrogens (tertiary/aromatic N) is 1. The summed E-state index contributed by atoms with van der Waals surface area (Å²) in [7, 11) is 2.16. The lowest BCUT2D eigenvalue weighted by atomic mass is 10.2. The highest BCUT2D eigenvalue weighted by atomic mass is 16.3. The monoisotopic (exact) mass is 141 g/mol. The van der Waals surface area contributed by atoms with Gasteiger partial charge in [-0.1, -0.05) is 0 Å². The van der Waals surface area contributed by atoms with Crippen molar-refractivity contribution in [3.05, 3.63) is 0 Å². The van der Waals surface area contributed by atoms with Crippen LogP contribution in [-0.2, 0) is 0 Å². The fraction of sp³-hybridized carbons (Fsp3) is 1.00. The van der Waals surface area contributed by atoms with Crippen molar-refractivity contribution in [2.45, 2.75) is 13.0 Å². The topological polar surface area (TPSA) is 23.5 Å². The molecule has 2 rings (SSSR count). The molecule has 2 fully saturated rings. The van der Waals surface area contributed by atoms with Gasteiger partial charge < -0.3 is 10.0 Å². The minimum atomic E-state index is -0.0660. The van der Waals surface area contributed by atoms with Gasteiger partial charge in [-0.2, -0.15) is 0 Å². The highest BCUT2D eigenvalue weighted by molar-refractivity contribution is 5.06. The van der Waals surface area contributed by atoms with Gasteiger partial charge in [-0.25, -0.2) is 0 Å². The van der Waals surface area contributed by atoms with Gasteiger partial charge in [0.05, 0.1) is 6.10 Å². The second-order valence-corrected chi connectivity index (χ2v) is 3.87. The Bertz CT molecular complexity index is 134. The highest BCUT2D eigenvalue weighted by Gasteiger charge is 2.56. The van der Waals surface area contributed by atoms with Gasteiger partial charge in [0.25, 0.3) is 0 Å². The molecule has 0 aromatic rings. The predicted molar refractivity (Wildman–Crippen MR) is 39.6 cm³/mol. The number of hydrogen-bond acceptors (Lipinski definition) is 2. The zero-order chi connectivity index (χ0) is 7.30. The van der Waals surface area contributed by atoms with E-state index < -0.39 is 0 Å². The van der Waals surface area contributed by atoms with Crippen molar-refractivity contribution in [3.8, 4) is 0 Å². The second-order valence-electron chi connectivity index (χ2n) is 3.87. The van der Waals surface area contributed by atoms with Crippen molar-refractivity contribution in [1.82, 2.24) is 4.90 Å². The first kappa shape index (κ1) is 6.62. The molecule has 0 bridgehead atoms. The number of fused-ring (bicyclic) bond motifs is 1. The molecule has 10 heavy (non-hydrogen) atoms. The number of aliphatic hydroxyl groups is 1. The van der Waals surface area contributed by atoms with Crippen LogP contribution >= 0.6 is 0 Å². The van der Waals surface area contributed by atoms with Gasteiger partial charge in [0.2, 0.25) is 0 Å². The van der Waals surface area contributed by atoms with E-state index in [9.17, 15) is 5.11 Å². The van der Waals surface area contributed by atoms with E-state index >= 15 is 0 Å². The molecule has 4 atom stereocenters. The van der Waals surface area contributed by atoms with Gasteiger partial charge in [-0.15, -0.1) is 0 Å². The molecular formula is C8H15NO. The molecule has 1 N–H and O–H groups in total. The maximum atomic E-state index is 9.27. The fourth-order valence-electron chi connectivity index (χ4n) is 2.50. The van der Waals surface area contributed by atoms with Crippen LogP contribution in [0.2, 0.25) is 0 Å². The van der Waals surface area contributed by atoms with E-state index in [1.807, 2.05) is 6.92 Å². The van der Waals surface area contributed by atoms with Crippen molar-refractivity contribution in [3.63, 3.8) is 0 Å². The number of aliphatic hydroxyl groups excluding tert-OH is 1. The Hall–Kier alpha value is -0.0800. The molecule has 0 spiro atoms. The lowest BCUT2D eigenvalue weighted by molar-refractivity contribution is 0.145. The van der Waals surface area contributed by atoms with Crippen LogP contribution in [0.4, 0.5) is 0 Å². The zero-order valence-electron chi connectivity index (χ0n) is 6.62. The Morgan fingerprint density at radius 1 is 1.40 bits per heavy atom. The van der Waals surface area contributed by atoms with Crippen molar-refractivity contribution in [2.24, 2.45) is 17.8 Å². The summed E-state index contributed by atoms with van der Waals surface area (Å²) in [6.07, 6.45) is -0.0660. The number of piperidine rings is 1. The van der Waals surface area contributed by atoms with Crippen molar-refractivity contribution in [1.29, 1.82) is 0 Å². The highest BCUT2D eigenvalue weighted by Crippen LogP contribution is 2.52. The Kier molecular flexibility index (Phi) is 1.29. The first-order valence-electron chi connectivity index (χ1n) is 4.07. The Balaban J connectivity index is 1.92. The molecule has 1 aliphatic carbocycles. The van der Waals surface area contributed by atoms with Crippen LogP contribution in [0.25, 0.3) is 0 Å². The standard InChI is InChI=1S/C8H15NO/c1-5(10)8-6-3-9(2)4-7(6)8/h5-8,10H,3-4H2,1-2H3/t5?,6-,7+,8-. The van der Waals surface area contributed by atoms with E-state index in [-0.39, 0.29) is 6.10 Å². The molecule has 2 nitrogen and oxygen atoms in total. The van der Waals surface area contributed by atoms with E-state index in [1.54, 1.807) is 0 Å². The van der Waals surface area contributed by atoms with Crippen LogP contribution in [0, 0.1) is 17.8 Å². The van der Waals surface area contributed by atoms with Gasteiger partial charge in [-0.3, -0.25) is 0 Å². The maximum Gasteiger partial charge on any atom is 0.0546 e. The van der Waals surface area contributed by atoms with E-state index in [0.29, 0.717) is 5.92 Å². The lowest BCUT2D eigenvalue weighted by Crippen LogP contribution is -2.22. The van der Waals surface area contributed by atoms with Crippen LogP contribution in [-0.4, -0.2) is 36.2 Å². The second kappa shape index (κ2) is 1.95. The molecule has 1 saturated carbocycles. The number of likely N-dealkylation sites (tertiary alicyclic amines) is 1. The summed E-state index contributed by atoms with van der Waals surface area (Å²) < 4.78 is 0. The van der Waals surface area contributed by atoms with Crippen LogP contribution in [0.1, 0.15) is 6.92 Å². The van der Waals surface area contributed by atoms with Gasteiger partial charge in [0, 0.05) is 13.1 Å². The molecule has 1 aliphatic heterocycles. The Labute approximate surface area is 61.8 Å². The van der Waals surface area contributed by atoms with Crippen LogP contribution in [0.3, 0.4) is 0 Å². The minimum Gasteiger partial charge on any atom is -0.393 e. The smallest absolute Gasteiger partial charge is 0.0546 e. The minimum absolute atomic E-state index is 0.0660. The van der Waals surface area contributed by atoms with Crippen LogP contribution in [0.5, 0.6) is 0 Å². The normalized spacial score (nSPS) is 48.9. The molecule has 1 heterocycles. The molecule has 2 heteroatoms. The summed E-state index contributed by atoms with van der Waals surface area (Å²) >= 11 is 0. The fourth-order valence-corrected chi connectivity index (χ4v) is 2.50. The van der Waals surface area contributed by atoms with Crippen LogP contribution in [0.15, 0.2) is 0 Å². The van der Waals surface area contributed by atoms with Gasteiger partial charge in [0.1, 0.15) is 0 Å². The van der Waals surface area contributed by atoms with Crippen LogP contribution < -0.4 is 0 Å². The first-order chi connectivity index (χ1) is 4.70. The Morgan fingerprint density at radius 2 is 1.90 bits per heavy atom. The third kappa shape index (κ3) is 0.789. The van der Waals surface area contributed by atoms with Crippen molar-refractivity contribution in [2.75, 3.05) is 20.1 Å². The average molecular weight is 141 g/mol. The maximum absolute atomic E-state index is 9.27. The van der Waals surface area contributed by atoms with Gasteiger partial charge >= 0.3 is 0 Å². The van der Waals surface area contributed by atoms with Crippen molar-refractivity contribution >= 4 is 0 Å². The summed E-state index contributed by atoms with van der Waals surface area (Å²) in [4.78, 5) is 2.36. The lowest BCUT2D eigenvalue weighted by Gasteiger charge is -2.13. The van der Waals surface area contributed by atoms with E-state index in [0.717, 1.165) is 11.8 Å². The van der Waals surface area contributed by atoms with E-state index in [2.05, 4.69) is 11.9 Å². The van der Waals surface area contributed by atoms with Gasteiger partial charge in [0.15, 0.2) is 0 Å². The molecule has 0 radical (unpaired) electrons. The molecule has 58 valence electrons. The van der Waals surface area contributed by atoms with E-state index in [4.69, 9.17) is 0 Å². The first-order valence-corrected chi connectivity index (χ1v) is 4.07. The summed E-state index contributed by atoms with van der Waals surface area (Å²) in [6.45, 7) is 4.34. The Morgan fingerprint density at radius 3 is 2.30 bits per heavy atom.